The summed E-state index contributed by atoms with van der Waals surface area (Å²) in [6, 6.07) is 13.3. The van der Waals surface area contributed by atoms with Crippen molar-refractivity contribution in [2.45, 2.75) is 45.1 Å². The minimum Gasteiger partial charge on any atom is -0.373 e. The van der Waals surface area contributed by atoms with E-state index in [0.29, 0.717) is 42.2 Å². The second-order valence-electron chi connectivity index (χ2n) is 7.46. The molecule has 0 bridgehead atoms. The normalized spacial score (nSPS) is 17.7. The first-order chi connectivity index (χ1) is 14.6. The molecule has 30 heavy (non-hydrogen) atoms. The number of anilines is 1. The second kappa shape index (κ2) is 9.36. The average Bonchev–Trinajstić information content (AvgIpc) is 2.77. The first-order valence-corrected chi connectivity index (χ1v) is 10.4. The highest BCUT2D eigenvalue weighted by Crippen LogP contribution is 2.21. The van der Waals surface area contributed by atoms with Crippen molar-refractivity contribution < 1.29 is 13.9 Å². The summed E-state index contributed by atoms with van der Waals surface area (Å²) in [7, 11) is 0. The number of ether oxygens (including phenoxy) is 2. The molecule has 0 aliphatic carbocycles. The number of benzene rings is 2. The molecule has 2 heterocycles. The number of aromatic nitrogens is 2. The SMILES string of the molecule is CC(Nc1ccccc1F)c1nc2ccccc2c(=O)n1CCOC1CCCCO1. The van der Waals surface area contributed by atoms with Crippen LogP contribution in [-0.4, -0.2) is 29.1 Å². The summed E-state index contributed by atoms with van der Waals surface area (Å²) in [5.74, 6) is 0.187. The van der Waals surface area contributed by atoms with Gasteiger partial charge in [0.05, 0.1) is 35.8 Å². The molecule has 1 aromatic heterocycles. The summed E-state index contributed by atoms with van der Waals surface area (Å²) in [5, 5.41) is 3.69. The molecule has 1 aliphatic rings. The van der Waals surface area contributed by atoms with Crippen LogP contribution in [0.15, 0.2) is 53.3 Å². The van der Waals surface area contributed by atoms with Gasteiger partial charge in [-0.1, -0.05) is 24.3 Å². The maximum absolute atomic E-state index is 14.1. The first kappa shape index (κ1) is 20.5. The van der Waals surface area contributed by atoms with E-state index < -0.39 is 0 Å². The summed E-state index contributed by atoms with van der Waals surface area (Å²) in [4.78, 5) is 17.9. The zero-order chi connectivity index (χ0) is 20.9. The van der Waals surface area contributed by atoms with E-state index in [1.54, 1.807) is 28.8 Å². The Labute approximate surface area is 174 Å². The molecule has 0 amide bonds. The van der Waals surface area contributed by atoms with Crippen LogP contribution >= 0.6 is 0 Å². The van der Waals surface area contributed by atoms with Gasteiger partial charge in [0, 0.05) is 6.61 Å². The predicted octanol–water partition coefficient (Wildman–Crippen LogP) is 4.25. The van der Waals surface area contributed by atoms with E-state index in [1.807, 2.05) is 25.1 Å². The highest BCUT2D eigenvalue weighted by molar-refractivity contribution is 5.77. The Bertz CT molecular complexity index is 1060. The van der Waals surface area contributed by atoms with Gasteiger partial charge in [0.15, 0.2) is 6.29 Å². The molecule has 1 saturated heterocycles. The van der Waals surface area contributed by atoms with E-state index in [1.165, 1.54) is 6.07 Å². The molecule has 3 aromatic rings. The predicted molar refractivity (Wildman–Crippen MR) is 114 cm³/mol. The zero-order valence-corrected chi connectivity index (χ0v) is 17.0. The maximum atomic E-state index is 14.1. The lowest BCUT2D eigenvalue weighted by molar-refractivity contribution is -0.163. The Hall–Kier alpha value is -2.77. The van der Waals surface area contributed by atoms with Crippen molar-refractivity contribution in [1.29, 1.82) is 0 Å². The number of hydrogen-bond acceptors (Lipinski definition) is 5. The first-order valence-electron chi connectivity index (χ1n) is 10.4. The van der Waals surface area contributed by atoms with E-state index >= 15 is 0 Å². The van der Waals surface area contributed by atoms with Crippen LogP contribution < -0.4 is 10.9 Å². The molecule has 7 heteroatoms. The van der Waals surface area contributed by atoms with Gasteiger partial charge in [-0.3, -0.25) is 9.36 Å². The molecule has 158 valence electrons. The number of halogens is 1. The van der Waals surface area contributed by atoms with Gasteiger partial charge in [0.1, 0.15) is 11.6 Å². The van der Waals surface area contributed by atoms with E-state index in [4.69, 9.17) is 14.5 Å². The largest absolute Gasteiger partial charge is 0.373 e. The number of para-hydroxylation sites is 2. The molecule has 2 atom stereocenters. The molecule has 4 rings (SSSR count). The van der Waals surface area contributed by atoms with Gasteiger partial charge in [0.2, 0.25) is 0 Å². The fourth-order valence-electron chi connectivity index (χ4n) is 3.73. The number of nitrogens with one attached hydrogen (secondary N) is 1. The Morgan fingerprint density at radius 1 is 1.23 bits per heavy atom. The fourth-order valence-corrected chi connectivity index (χ4v) is 3.73. The molecule has 0 radical (unpaired) electrons. The summed E-state index contributed by atoms with van der Waals surface area (Å²) < 4.78 is 27.2. The number of hydrogen-bond donors (Lipinski definition) is 1. The quantitative estimate of drug-likeness (QED) is 0.630. The van der Waals surface area contributed by atoms with Crippen LogP contribution in [0, 0.1) is 5.82 Å². The van der Waals surface area contributed by atoms with Crippen LogP contribution in [0.1, 0.15) is 38.1 Å². The maximum Gasteiger partial charge on any atom is 0.261 e. The molecule has 2 aromatic carbocycles. The van der Waals surface area contributed by atoms with Crippen LogP contribution in [0.3, 0.4) is 0 Å². The van der Waals surface area contributed by atoms with E-state index in [-0.39, 0.29) is 23.7 Å². The van der Waals surface area contributed by atoms with Gasteiger partial charge in [-0.05, 0) is 50.5 Å². The summed E-state index contributed by atoms with van der Waals surface area (Å²) >= 11 is 0. The fraction of sp³-hybridized carbons (Fsp3) is 0.391. The van der Waals surface area contributed by atoms with E-state index in [0.717, 1.165) is 19.3 Å². The third-order valence-electron chi connectivity index (χ3n) is 5.28. The Morgan fingerprint density at radius 2 is 2.03 bits per heavy atom. The van der Waals surface area contributed by atoms with E-state index in [9.17, 15) is 9.18 Å². The van der Waals surface area contributed by atoms with Crippen molar-refractivity contribution in [2.24, 2.45) is 0 Å². The third-order valence-corrected chi connectivity index (χ3v) is 5.28. The van der Waals surface area contributed by atoms with Crippen molar-refractivity contribution in [3.63, 3.8) is 0 Å². The lowest BCUT2D eigenvalue weighted by atomic mass is 10.2. The number of nitrogens with zero attached hydrogens (tertiary/aromatic N) is 2. The monoisotopic (exact) mass is 411 g/mol. The molecule has 0 saturated carbocycles. The molecule has 0 spiro atoms. The zero-order valence-electron chi connectivity index (χ0n) is 17.0. The molecule has 2 unspecified atom stereocenters. The van der Waals surface area contributed by atoms with Crippen LogP contribution in [0.4, 0.5) is 10.1 Å². The van der Waals surface area contributed by atoms with Gasteiger partial charge >= 0.3 is 0 Å². The standard InChI is InChI=1S/C23H26FN3O3/c1-16(25-20-11-5-3-9-18(20)24)22-26-19-10-4-2-8-17(19)23(28)27(22)13-15-30-21-12-6-7-14-29-21/h2-5,8-11,16,21,25H,6-7,12-15H2,1H3. The van der Waals surface area contributed by atoms with Gasteiger partial charge in [-0.25, -0.2) is 9.37 Å². The Balaban J connectivity index is 1.61. The van der Waals surface area contributed by atoms with Crippen molar-refractivity contribution in [3.05, 3.63) is 70.5 Å². The van der Waals surface area contributed by atoms with Gasteiger partial charge < -0.3 is 14.8 Å². The second-order valence-corrected chi connectivity index (χ2v) is 7.46. The molecule has 1 aliphatic heterocycles. The topological polar surface area (TPSA) is 65.4 Å². The Morgan fingerprint density at radius 3 is 2.83 bits per heavy atom. The van der Waals surface area contributed by atoms with Crippen LogP contribution in [0.2, 0.25) is 0 Å². The smallest absolute Gasteiger partial charge is 0.261 e. The van der Waals surface area contributed by atoms with Crippen molar-refractivity contribution in [3.8, 4) is 0 Å². The minimum absolute atomic E-state index is 0.133. The van der Waals surface area contributed by atoms with Gasteiger partial charge in [0.25, 0.3) is 5.56 Å². The average molecular weight is 411 g/mol. The summed E-state index contributed by atoms with van der Waals surface area (Å²) in [6.45, 7) is 3.25. The van der Waals surface area contributed by atoms with Crippen LogP contribution in [0.25, 0.3) is 10.9 Å². The molecular weight excluding hydrogens is 385 g/mol. The molecule has 1 fully saturated rings. The van der Waals surface area contributed by atoms with Crippen molar-refractivity contribution in [1.82, 2.24) is 9.55 Å². The third kappa shape index (κ3) is 4.52. The number of fused-ring (bicyclic) bond motifs is 1. The van der Waals surface area contributed by atoms with E-state index in [2.05, 4.69) is 5.32 Å². The summed E-state index contributed by atoms with van der Waals surface area (Å²) in [5.41, 5.74) is 0.851. The molecule has 6 nitrogen and oxygen atoms in total. The van der Waals surface area contributed by atoms with Gasteiger partial charge in [-0.15, -0.1) is 0 Å². The molecular formula is C23H26FN3O3. The Kier molecular flexibility index (Phi) is 6.40. The lowest BCUT2D eigenvalue weighted by Gasteiger charge is -2.24. The lowest BCUT2D eigenvalue weighted by Crippen LogP contribution is -2.31. The van der Waals surface area contributed by atoms with Crippen molar-refractivity contribution in [2.75, 3.05) is 18.5 Å². The molecule has 1 N–H and O–H groups in total. The highest BCUT2D eigenvalue weighted by Gasteiger charge is 2.19. The van der Waals surface area contributed by atoms with Crippen LogP contribution in [0.5, 0.6) is 0 Å². The minimum atomic E-state index is -0.384. The van der Waals surface area contributed by atoms with Crippen molar-refractivity contribution >= 4 is 16.6 Å². The summed E-state index contributed by atoms with van der Waals surface area (Å²) in [6.07, 6.45) is 2.78. The number of rotatable bonds is 7. The highest BCUT2D eigenvalue weighted by atomic mass is 19.1. The van der Waals surface area contributed by atoms with Gasteiger partial charge in [-0.2, -0.15) is 0 Å². The van der Waals surface area contributed by atoms with Crippen LogP contribution in [-0.2, 0) is 16.0 Å².